The summed E-state index contributed by atoms with van der Waals surface area (Å²) in [5.74, 6) is 0.271. The summed E-state index contributed by atoms with van der Waals surface area (Å²) in [4.78, 5) is 55.3. The van der Waals surface area contributed by atoms with Crippen LogP contribution in [0.2, 0.25) is 0 Å². The zero-order valence-electron chi connectivity index (χ0n) is 30.4. The summed E-state index contributed by atoms with van der Waals surface area (Å²) in [6.45, 7) is 18.9. The molecule has 0 spiro atoms. The molecule has 2 aromatic heterocycles. The molecule has 2 fully saturated rings. The maximum absolute atomic E-state index is 12.4. The molecule has 0 aliphatic carbocycles. The topological polar surface area (TPSA) is 95.5 Å². The number of benzene rings is 2. The standard InChI is InChI=1S/C19H26N4OS.C19H23N3O2S/c1-5-23-14(2)18(15(3)24)25-19(23)20-16-6-8-17(9-7-16)22-12-10-21(4)11-13-22;1-4-22-13(2)17(14(3)23)25-19(22)20-16-9-7-15(8-10-16)18(24)21-11-5-6-12-21/h6-9H,5,10-13H2,1-4H3;7-10H,4-6,11-12H2,1-3H3/b20-19-;20-19+. The molecule has 6 rings (SSSR count). The highest BCUT2D eigenvalue weighted by Gasteiger charge is 2.19. The quantitative estimate of drug-likeness (QED) is 0.191. The van der Waals surface area contributed by atoms with Crippen LogP contribution in [0.25, 0.3) is 0 Å². The van der Waals surface area contributed by atoms with Crippen molar-refractivity contribution in [2.75, 3.05) is 51.2 Å². The average Bonchev–Trinajstić information content (AvgIpc) is 3.84. The SMILES string of the molecule is CCn1c(C)c(C(C)=O)s/c1=N/c1ccc(C(=O)N2CCCC2)cc1.CCn1c(C)c(C(C)=O)s/c1=N\c1ccc(N2CCN(C)CC2)cc1. The molecule has 2 aliphatic rings. The Balaban J connectivity index is 0.000000194. The third-order valence-electron chi connectivity index (χ3n) is 9.26. The van der Waals surface area contributed by atoms with Crippen molar-refractivity contribution in [3.63, 3.8) is 0 Å². The number of likely N-dealkylation sites (tertiary alicyclic amines) is 1. The van der Waals surface area contributed by atoms with E-state index in [9.17, 15) is 14.4 Å². The zero-order valence-corrected chi connectivity index (χ0v) is 32.0. The lowest BCUT2D eigenvalue weighted by Crippen LogP contribution is -2.44. The fourth-order valence-corrected chi connectivity index (χ4v) is 8.56. The van der Waals surface area contributed by atoms with Crippen LogP contribution in [-0.4, -0.2) is 82.7 Å². The second kappa shape index (κ2) is 16.7. The summed E-state index contributed by atoms with van der Waals surface area (Å²) in [6.07, 6.45) is 2.18. The largest absolute Gasteiger partial charge is 0.369 e. The van der Waals surface area contributed by atoms with Gasteiger partial charge in [-0.1, -0.05) is 22.7 Å². The van der Waals surface area contributed by atoms with Gasteiger partial charge in [-0.05, 0) is 96.1 Å². The van der Waals surface area contributed by atoms with Gasteiger partial charge < -0.3 is 23.8 Å². The Morgan fingerprint density at radius 1 is 0.660 bits per heavy atom. The van der Waals surface area contributed by atoms with Gasteiger partial charge in [-0.2, -0.15) is 0 Å². The van der Waals surface area contributed by atoms with E-state index < -0.39 is 0 Å². The van der Waals surface area contributed by atoms with Crippen molar-refractivity contribution >= 4 is 57.2 Å². The molecule has 0 N–H and O–H groups in total. The van der Waals surface area contributed by atoms with Crippen molar-refractivity contribution in [3.05, 3.63) is 84.8 Å². The number of carbonyl (C=O) groups excluding carboxylic acids is 3. The number of hydrogen-bond acceptors (Lipinski definition) is 9. The van der Waals surface area contributed by atoms with E-state index >= 15 is 0 Å². The predicted octanol–water partition coefficient (Wildman–Crippen LogP) is 6.61. The van der Waals surface area contributed by atoms with Gasteiger partial charge in [0.05, 0.1) is 21.1 Å². The molecular formula is C38H49N7O3S2. The fourth-order valence-electron chi connectivity index (χ4n) is 6.34. The number of likely N-dealkylation sites (N-methyl/N-ethyl adjacent to an activating group) is 1. The molecule has 2 aliphatic heterocycles. The van der Waals surface area contributed by atoms with Crippen molar-refractivity contribution < 1.29 is 14.4 Å². The van der Waals surface area contributed by atoms with Crippen molar-refractivity contribution in [1.82, 2.24) is 18.9 Å². The van der Waals surface area contributed by atoms with Crippen LogP contribution in [0.5, 0.6) is 0 Å². The highest BCUT2D eigenvalue weighted by Crippen LogP contribution is 2.22. The van der Waals surface area contributed by atoms with Gasteiger partial charge >= 0.3 is 0 Å². The number of Topliss-reactive ketones (excluding diaryl/α,β-unsaturated/α-hetero) is 2. The molecule has 0 atom stereocenters. The van der Waals surface area contributed by atoms with Crippen LogP contribution in [0.1, 0.15) is 81.6 Å². The monoisotopic (exact) mass is 715 g/mol. The van der Waals surface area contributed by atoms with Crippen molar-refractivity contribution in [3.8, 4) is 0 Å². The Morgan fingerprint density at radius 3 is 1.52 bits per heavy atom. The van der Waals surface area contributed by atoms with E-state index in [2.05, 4.69) is 57.6 Å². The molecule has 1 amide bonds. The number of anilines is 1. The number of hydrogen-bond donors (Lipinski definition) is 0. The lowest BCUT2D eigenvalue weighted by Gasteiger charge is -2.34. The Hall–Kier alpha value is -4.13. The minimum Gasteiger partial charge on any atom is -0.369 e. The molecule has 2 aromatic carbocycles. The Labute approximate surface area is 303 Å². The molecule has 0 radical (unpaired) electrons. The minimum atomic E-state index is 0.0673. The van der Waals surface area contributed by atoms with E-state index in [0.717, 1.165) is 107 Å². The summed E-state index contributed by atoms with van der Waals surface area (Å²) in [7, 11) is 2.17. The fraction of sp³-hybridized carbons (Fsp3) is 0.447. The minimum absolute atomic E-state index is 0.0673. The van der Waals surface area contributed by atoms with Crippen LogP contribution < -0.4 is 14.5 Å². The third-order valence-corrected chi connectivity index (χ3v) is 11.8. The van der Waals surface area contributed by atoms with Gasteiger partial charge in [-0.15, -0.1) is 0 Å². The second-order valence-electron chi connectivity index (χ2n) is 12.8. The molecule has 4 heterocycles. The first kappa shape index (κ1) is 37.1. The summed E-state index contributed by atoms with van der Waals surface area (Å²) in [5, 5.41) is 0. The van der Waals surface area contributed by atoms with Crippen LogP contribution >= 0.6 is 22.7 Å². The maximum Gasteiger partial charge on any atom is 0.253 e. The van der Waals surface area contributed by atoms with Gasteiger partial charge in [-0.3, -0.25) is 14.4 Å². The second-order valence-corrected chi connectivity index (χ2v) is 14.7. The molecule has 2 saturated heterocycles. The summed E-state index contributed by atoms with van der Waals surface area (Å²) in [5.41, 5.74) is 5.64. The van der Waals surface area contributed by atoms with Gasteiger partial charge in [0.2, 0.25) is 0 Å². The molecule has 12 heteroatoms. The van der Waals surface area contributed by atoms with E-state index in [0.29, 0.717) is 5.56 Å². The number of ketones is 2. The normalized spacial score (nSPS) is 15.7. The number of piperazine rings is 1. The van der Waals surface area contributed by atoms with E-state index in [1.54, 1.807) is 13.8 Å². The van der Waals surface area contributed by atoms with Crippen LogP contribution in [0.3, 0.4) is 0 Å². The summed E-state index contributed by atoms with van der Waals surface area (Å²) in [6, 6.07) is 15.8. The predicted molar refractivity (Wildman–Crippen MR) is 204 cm³/mol. The Kier molecular flexibility index (Phi) is 12.4. The third kappa shape index (κ3) is 8.59. The Morgan fingerprint density at radius 2 is 1.10 bits per heavy atom. The molecule has 10 nitrogen and oxygen atoms in total. The van der Waals surface area contributed by atoms with E-state index in [1.165, 1.54) is 28.4 Å². The number of carbonyl (C=O) groups is 3. The first-order valence-corrected chi connectivity index (χ1v) is 19.1. The summed E-state index contributed by atoms with van der Waals surface area (Å²) >= 11 is 2.89. The molecule has 4 aromatic rings. The number of nitrogens with zero attached hydrogens (tertiary/aromatic N) is 7. The number of thiazole rings is 2. The molecule has 0 unspecified atom stereocenters. The number of amides is 1. The number of rotatable bonds is 8. The first-order valence-electron chi connectivity index (χ1n) is 17.4. The number of aromatic nitrogens is 2. The molecule has 0 bridgehead atoms. The highest BCUT2D eigenvalue weighted by atomic mass is 32.1. The van der Waals surface area contributed by atoms with E-state index in [1.807, 2.05) is 54.5 Å². The van der Waals surface area contributed by atoms with Gasteiger partial charge in [0, 0.05) is 88.8 Å². The zero-order chi connectivity index (χ0) is 35.9. The van der Waals surface area contributed by atoms with Gasteiger partial charge in [0.25, 0.3) is 5.91 Å². The van der Waals surface area contributed by atoms with E-state index in [-0.39, 0.29) is 17.5 Å². The lowest BCUT2D eigenvalue weighted by atomic mass is 10.2. The molecule has 50 heavy (non-hydrogen) atoms. The van der Waals surface area contributed by atoms with Crippen LogP contribution in [0.4, 0.5) is 17.1 Å². The van der Waals surface area contributed by atoms with E-state index in [4.69, 9.17) is 4.99 Å². The van der Waals surface area contributed by atoms with Crippen molar-refractivity contribution in [1.29, 1.82) is 0 Å². The van der Waals surface area contributed by atoms with Gasteiger partial charge in [-0.25, -0.2) is 9.98 Å². The van der Waals surface area contributed by atoms with Crippen LogP contribution in [0, 0.1) is 13.8 Å². The van der Waals surface area contributed by atoms with Crippen LogP contribution in [0.15, 0.2) is 58.5 Å². The maximum atomic E-state index is 12.4. The van der Waals surface area contributed by atoms with Crippen LogP contribution in [-0.2, 0) is 13.1 Å². The highest BCUT2D eigenvalue weighted by molar-refractivity contribution is 7.11. The van der Waals surface area contributed by atoms with Crippen molar-refractivity contribution in [2.24, 2.45) is 9.98 Å². The molecule has 266 valence electrons. The first-order chi connectivity index (χ1) is 24.0. The van der Waals surface area contributed by atoms with Gasteiger partial charge in [0.15, 0.2) is 21.2 Å². The smallest absolute Gasteiger partial charge is 0.253 e. The lowest BCUT2D eigenvalue weighted by molar-refractivity contribution is 0.0792. The van der Waals surface area contributed by atoms with Crippen molar-refractivity contribution in [2.45, 2.75) is 67.5 Å². The average molecular weight is 716 g/mol. The Bertz CT molecular complexity index is 1950. The molecular weight excluding hydrogens is 667 g/mol. The van der Waals surface area contributed by atoms with Gasteiger partial charge in [0.1, 0.15) is 0 Å². The molecule has 0 saturated carbocycles. The summed E-state index contributed by atoms with van der Waals surface area (Å²) < 4.78 is 4.15.